The fourth-order valence-corrected chi connectivity index (χ4v) is 5.64. The number of rotatable bonds is 9. The number of piperazine rings is 1. The van der Waals surface area contributed by atoms with Crippen molar-refractivity contribution in [3.05, 3.63) is 101 Å². The molecule has 5 nitrogen and oxygen atoms in total. The molecule has 0 spiro atoms. The number of hydrogen-bond acceptors (Lipinski definition) is 5. The van der Waals surface area contributed by atoms with E-state index in [2.05, 4.69) is 9.80 Å². The van der Waals surface area contributed by atoms with E-state index in [9.17, 15) is 13.9 Å². The fraction of sp³-hybridized carbons (Fsp3) is 0.419. The highest BCUT2D eigenvalue weighted by Gasteiger charge is 2.30. The molecule has 0 radical (unpaired) electrons. The van der Waals surface area contributed by atoms with E-state index in [-0.39, 0.29) is 23.7 Å². The number of ether oxygens (including phenoxy) is 2. The lowest BCUT2D eigenvalue weighted by atomic mass is 9.81. The van der Waals surface area contributed by atoms with Crippen LogP contribution in [0.25, 0.3) is 0 Å². The van der Waals surface area contributed by atoms with Crippen molar-refractivity contribution in [2.24, 2.45) is 5.92 Å². The molecule has 38 heavy (non-hydrogen) atoms. The lowest BCUT2D eigenvalue weighted by molar-refractivity contribution is 0.0285. The van der Waals surface area contributed by atoms with Gasteiger partial charge in [-0.1, -0.05) is 30.3 Å². The minimum atomic E-state index is -0.439. The molecule has 0 aromatic heterocycles. The highest BCUT2D eigenvalue weighted by atomic mass is 19.1. The maximum Gasteiger partial charge on any atom is 0.123 e. The first-order chi connectivity index (χ1) is 18.5. The van der Waals surface area contributed by atoms with Crippen LogP contribution in [0.3, 0.4) is 0 Å². The topological polar surface area (TPSA) is 45.2 Å². The molecule has 1 aliphatic heterocycles. The van der Waals surface area contributed by atoms with E-state index >= 15 is 0 Å². The summed E-state index contributed by atoms with van der Waals surface area (Å²) in [6.07, 6.45) is 1.12. The van der Waals surface area contributed by atoms with Gasteiger partial charge in [0.1, 0.15) is 23.5 Å². The molecule has 0 bridgehead atoms. The Morgan fingerprint density at radius 1 is 0.868 bits per heavy atom. The number of nitrogens with zero attached hydrogens (tertiary/aromatic N) is 2. The number of methoxy groups -OCH3 is 1. The van der Waals surface area contributed by atoms with Gasteiger partial charge in [0.15, 0.2) is 0 Å². The van der Waals surface area contributed by atoms with Crippen LogP contribution in [0.5, 0.6) is 5.75 Å². The van der Waals surface area contributed by atoms with Crippen molar-refractivity contribution in [2.45, 2.75) is 25.0 Å². The number of hydrogen-bond donors (Lipinski definition) is 1. The molecule has 5 rings (SSSR count). The molecule has 1 saturated heterocycles. The van der Waals surface area contributed by atoms with Gasteiger partial charge in [-0.25, -0.2) is 8.78 Å². The average Bonchev–Trinajstić information content (AvgIpc) is 2.94. The Morgan fingerprint density at radius 3 is 2.08 bits per heavy atom. The first-order valence-electron chi connectivity index (χ1n) is 13.4. The maximum absolute atomic E-state index is 13.5. The van der Waals surface area contributed by atoms with Gasteiger partial charge in [-0.2, -0.15) is 0 Å². The Labute approximate surface area is 223 Å². The van der Waals surface area contributed by atoms with Gasteiger partial charge in [0.2, 0.25) is 0 Å². The number of fused-ring (bicyclic) bond motifs is 1. The number of halogens is 2. The Morgan fingerprint density at radius 2 is 1.47 bits per heavy atom. The molecule has 2 unspecified atom stereocenters. The third-order valence-electron chi connectivity index (χ3n) is 7.89. The molecule has 1 fully saturated rings. The Kier molecular flexibility index (Phi) is 8.69. The van der Waals surface area contributed by atoms with E-state index in [0.29, 0.717) is 6.61 Å². The van der Waals surface area contributed by atoms with E-state index in [1.165, 1.54) is 29.8 Å². The first-order valence-corrected chi connectivity index (χ1v) is 13.4. The predicted octanol–water partition coefficient (Wildman–Crippen LogP) is 4.99. The fourth-order valence-electron chi connectivity index (χ4n) is 5.64. The van der Waals surface area contributed by atoms with E-state index in [0.717, 1.165) is 74.6 Å². The van der Waals surface area contributed by atoms with E-state index in [4.69, 9.17) is 9.47 Å². The van der Waals surface area contributed by atoms with Gasteiger partial charge >= 0.3 is 0 Å². The van der Waals surface area contributed by atoms with Crippen LogP contribution in [0.4, 0.5) is 8.78 Å². The molecular weight excluding hydrogens is 486 g/mol. The second kappa shape index (κ2) is 12.3. The van der Waals surface area contributed by atoms with Crippen molar-refractivity contribution in [3.8, 4) is 5.75 Å². The van der Waals surface area contributed by atoms with Crippen molar-refractivity contribution >= 4 is 0 Å². The van der Waals surface area contributed by atoms with E-state index in [1.54, 1.807) is 31.4 Å². The van der Waals surface area contributed by atoms with Crippen LogP contribution in [0.2, 0.25) is 0 Å². The minimum absolute atomic E-state index is 0.234. The average molecular weight is 523 g/mol. The van der Waals surface area contributed by atoms with Gasteiger partial charge in [-0.15, -0.1) is 0 Å². The molecule has 0 saturated carbocycles. The molecule has 2 atom stereocenters. The zero-order valence-electron chi connectivity index (χ0n) is 21.9. The molecule has 2 aliphatic rings. The number of aryl methyl sites for hydroxylation is 1. The quantitative estimate of drug-likeness (QED) is 0.429. The predicted molar refractivity (Wildman–Crippen MR) is 143 cm³/mol. The van der Waals surface area contributed by atoms with Gasteiger partial charge in [0.25, 0.3) is 0 Å². The monoisotopic (exact) mass is 522 g/mol. The second-order valence-corrected chi connectivity index (χ2v) is 10.3. The molecule has 3 aromatic rings. The smallest absolute Gasteiger partial charge is 0.123 e. The van der Waals surface area contributed by atoms with Crippen LogP contribution in [0.1, 0.15) is 40.9 Å². The Hall–Kier alpha value is -2.84. The van der Waals surface area contributed by atoms with Crippen LogP contribution in [-0.4, -0.2) is 67.9 Å². The summed E-state index contributed by atoms with van der Waals surface area (Å²) >= 11 is 0. The van der Waals surface area contributed by atoms with Crippen LogP contribution in [-0.2, 0) is 11.2 Å². The molecule has 0 amide bonds. The first kappa shape index (κ1) is 26.8. The van der Waals surface area contributed by atoms with Gasteiger partial charge in [-0.05, 0) is 71.5 Å². The zero-order chi connectivity index (χ0) is 26.5. The van der Waals surface area contributed by atoms with Gasteiger partial charge < -0.3 is 19.5 Å². The van der Waals surface area contributed by atoms with E-state index < -0.39 is 6.10 Å². The highest BCUT2D eigenvalue weighted by Crippen LogP contribution is 2.36. The van der Waals surface area contributed by atoms with Crippen molar-refractivity contribution in [2.75, 3.05) is 53.0 Å². The summed E-state index contributed by atoms with van der Waals surface area (Å²) in [5.41, 5.74) is 3.91. The lowest BCUT2D eigenvalue weighted by Gasteiger charge is -2.39. The number of benzene rings is 3. The Balaban J connectivity index is 1.11. The summed E-state index contributed by atoms with van der Waals surface area (Å²) in [6.45, 7) is 5.99. The van der Waals surface area contributed by atoms with E-state index in [1.807, 2.05) is 18.2 Å². The highest BCUT2D eigenvalue weighted by molar-refractivity contribution is 5.39. The van der Waals surface area contributed by atoms with Crippen LogP contribution >= 0.6 is 0 Å². The summed E-state index contributed by atoms with van der Waals surface area (Å²) in [5, 5.41) is 11.0. The summed E-state index contributed by atoms with van der Waals surface area (Å²) in [7, 11) is 1.67. The van der Waals surface area contributed by atoms with Gasteiger partial charge in [-0.3, -0.25) is 4.90 Å². The lowest BCUT2D eigenvalue weighted by Crippen LogP contribution is -2.49. The second-order valence-electron chi connectivity index (χ2n) is 10.3. The molecule has 1 aliphatic carbocycles. The van der Waals surface area contributed by atoms with Crippen LogP contribution in [0, 0.1) is 17.6 Å². The van der Waals surface area contributed by atoms with Gasteiger partial charge in [0.05, 0.1) is 19.8 Å². The summed E-state index contributed by atoms with van der Waals surface area (Å²) < 4.78 is 38.6. The molecule has 202 valence electrons. The summed E-state index contributed by atoms with van der Waals surface area (Å²) in [6, 6.07) is 18.6. The van der Waals surface area contributed by atoms with Crippen LogP contribution < -0.4 is 4.74 Å². The van der Waals surface area contributed by atoms with Crippen molar-refractivity contribution in [1.82, 2.24) is 9.80 Å². The maximum atomic E-state index is 13.5. The minimum Gasteiger partial charge on any atom is -0.497 e. The third kappa shape index (κ3) is 6.41. The standard InChI is InChI=1S/C31H36F2N2O3/c1-37-28-12-13-29-24(20-28)2-3-25(30(29)36)21-35-16-14-34(15-17-35)18-19-38-31(22-4-8-26(32)9-5-22)23-6-10-27(33)11-7-23/h4-13,20,25,30-31,36H,2-3,14-19,21H2,1H3. The number of aliphatic hydroxyl groups is 1. The van der Waals surface area contributed by atoms with Crippen molar-refractivity contribution in [3.63, 3.8) is 0 Å². The molecule has 1 N–H and O–H groups in total. The molecular formula is C31H36F2N2O3. The zero-order valence-corrected chi connectivity index (χ0v) is 21.9. The summed E-state index contributed by atoms with van der Waals surface area (Å²) in [5.74, 6) is 0.485. The largest absolute Gasteiger partial charge is 0.497 e. The Bertz CT molecular complexity index is 1140. The SMILES string of the molecule is COc1ccc2c(c1)CCC(CN1CCN(CCOC(c3ccc(F)cc3)c3ccc(F)cc3)CC1)C2O. The molecule has 7 heteroatoms. The third-order valence-corrected chi connectivity index (χ3v) is 7.89. The normalized spacial score (nSPS) is 20.4. The van der Waals surface area contributed by atoms with Crippen molar-refractivity contribution in [1.29, 1.82) is 0 Å². The molecule has 3 aromatic carbocycles. The molecule has 1 heterocycles. The van der Waals surface area contributed by atoms with Crippen LogP contribution in [0.15, 0.2) is 66.7 Å². The van der Waals surface area contributed by atoms with Gasteiger partial charge in [0, 0.05) is 45.2 Å². The summed E-state index contributed by atoms with van der Waals surface area (Å²) in [4.78, 5) is 4.85. The van der Waals surface area contributed by atoms with Crippen molar-refractivity contribution < 1.29 is 23.4 Å². The number of aliphatic hydroxyl groups excluding tert-OH is 1.